The number of nitrogens with zero attached hydrogens (tertiary/aromatic N) is 2. The fourth-order valence-corrected chi connectivity index (χ4v) is 2.90. The predicted octanol–water partition coefficient (Wildman–Crippen LogP) is 5.83. The van der Waals surface area contributed by atoms with Crippen molar-refractivity contribution in [2.45, 2.75) is 12.7 Å². The van der Waals surface area contributed by atoms with Crippen molar-refractivity contribution in [3.05, 3.63) is 76.0 Å². The zero-order valence-electron chi connectivity index (χ0n) is 15.0. The second-order valence-electron chi connectivity index (χ2n) is 5.92. The number of hydrogen-bond donors (Lipinski definition) is 2. The number of aromatic nitrogens is 2. The van der Waals surface area contributed by atoms with Gasteiger partial charge in [0.1, 0.15) is 0 Å². The molecule has 2 aromatic carbocycles. The summed E-state index contributed by atoms with van der Waals surface area (Å²) in [5, 5.41) is 5.49. The van der Waals surface area contributed by atoms with Gasteiger partial charge >= 0.3 is 12.3 Å². The fraction of sp³-hybridized carbons (Fsp3) is 0.105. The zero-order valence-corrected chi connectivity index (χ0v) is 16.5. The highest BCUT2D eigenvalue weighted by Crippen LogP contribution is 2.35. The standard InChI is InChI=1S/C19H13Cl2F3N4O2/c20-12-6-13(21)8-14(7-12)27-17-25-10-15(16(28-17)19(22,23)24)30-18(29)26-9-11-4-2-1-3-5-11/h1-8,10H,9H2,(H,26,29)(H,25,27,28). The predicted molar refractivity (Wildman–Crippen MR) is 106 cm³/mol. The first-order valence-electron chi connectivity index (χ1n) is 8.37. The monoisotopic (exact) mass is 456 g/mol. The first-order chi connectivity index (χ1) is 14.2. The Kier molecular flexibility index (Phi) is 6.63. The number of anilines is 2. The number of carbonyl (C=O) groups excluding carboxylic acids is 1. The molecule has 1 heterocycles. The van der Waals surface area contributed by atoms with Gasteiger partial charge in [-0.05, 0) is 23.8 Å². The molecule has 0 spiro atoms. The van der Waals surface area contributed by atoms with Gasteiger partial charge in [-0.2, -0.15) is 13.2 Å². The lowest BCUT2D eigenvalue weighted by atomic mass is 10.2. The van der Waals surface area contributed by atoms with E-state index >= 15 is 0 Å². The molecule has 0 aliphatic rings. The van der Waals surface area contributed by atoms with Crippen LogP contribution in [0.4, 0.5) is 29.6 Å². The van der Waals surface area contributed by atoms with Gasteiger partial charge in [0.2, 0.25) is 5.95 Å². The number of amides is 1. The molecule has 1 aromatic heterocycles. The van der Waals surface area contributed by atoms with Crippen LogP contribution in [0.2, 0.25) is 10.0 Å². The number of nitrogens with one attached hydrogen (secondary N) is 2. The topological polar surface area (TPSA) is 76.1 Å². The van der Waals surface area contributed by atoms with E-state index in [1.807, 2.05) is 0 Å². The van der Waals surface area contributed by atoms with Crippen molar-refractivity contribution in [2.24, 2.45) is 0 Å². The van der Waals surface area contributed by atoms with Gasteiger partial charge in [-0.25, -0.2) is 14.8 Å². The summed E-state index contributed by atoms with van der Waals surface area (Å²) in [6.45, 7) is 0.0804. The van der Waals surface area contributed by atoms with Crippen LogP contribution in [-0.2, 0) is 12.7 Å². The van der Waals surface area contributed by atoms with Crippen LogP contribution < -0.4 is 15.4 Å². The van der Waals surface area contributed by atoms with Crippen molar-refractivity contribution in [2.75, 3.05) is 5.32 Å². The third-order valence-electron chi connectivity index (χ3n) is 3.62. The smallest absolute Gasteiger partial charge is 0.406 e. The second kappa shape index (κ2) is 9.19. The molecule has 156 valence electrons. The van der Waals surface area contributed by atoms with Gasteiger partial charge in [0, 0.05) is 22.3 Å². The highest BCUT2D eigenvalue weighted by Gasteiger charge is 2.38. The van der Waals surface area contributed by atoms with Gasteiger partial charge in [0.05, 0.1) is 6.20 Å². The van der Waals surface area contributed by atoms with E-state index in [0.29, 0.717) is 0 Å². The molecule has 0 fully saturated rings. The van der Waals surface area contributed by atoms with Crippen LogP contribution in [0.3, 0.4) is 0 Å². The molecule has 0 bridgehead atoms. The minimum Gasteiger partial charge on any atom is -0.406 e. The lowest BCUT2D eigenvalue weighted by Gasteiger charge is -2.14. The number of ether oxygens (including phenoxy) is 1. The molecule has 11 heteroatoms. The first kappa shape index (κ1) is 21.7. The van der Waals surface area contributed by atoms with E-state index in [2.05, 4.69) is 20.6 Å². The van der Waals surface area contributed by atoms with Crippen LogP contribution in [0.25, 0.3) is 0 Å². The highest BCUT2D eigenvalue weighted by molar-refractivity contribution is 6.35. The summed E-state index contributed by atoms with van der Waals surface area (Å²) in [7, 11) is 0. The number of rotatable bonds is 5. The maximum Gasteiger partial charge on any atom is 0.437 e. The first-order valence-corrected chi connectivity index (χ1v) is 9.13. The van der Waals surface area contributed by atoms with Gasteiger partial charge in [-0.1, -0.05) is 53.5 Å². The summed E-state index contributed by atoms with van der Waals surface area (Å²) < 4.78 is 45.0. The molecule has 30 heavy (non-hydrogen) atoms. The Morgan fingerprint density at radius 3 is 2.37 bits per heavy atom. The lowest BCUT2D eigenvalue weighted by Crippen LogP contribution is -2.27. The Labute approximate surface area is 179 Å². The zero-order chi connectivity index (χ0) is 21.7. The Hall–Kier alpha value is -3.04. The molecule has 0 aliphatic carbocycles. The SMILES string of the molecule is O=C(NCc1ccccc1)Oc1cnc(Nc2cc(Cl)cc(Cl)c2)nc1C(F)(F)F. The molecule has 0 atom stereocenters. The molecule has 1 amide bonds. The third-order valence-corrected chi connectivity index (χ3v) is 4.06. The average Bonchev–Trinajstić information content (AvgIpc) is 2.67. The maximum absolute atomic E-state index is 13.4. The number of alkyl halides is 3. The second-order valence-corrected chi connectivity index (χ2v) is 6.79. The van der Waals surface area contributed by atoms with E-state index in [-0.39, 0.29) is 28.2 Å². The summed E-state index contributed by atoms with van der Waals surface area (Å²) in [6.07, 6.45) is -5.21. The van der Waals surface area contributed by atoms with Crippen LogP contribution in [0.1, 0.15) is 11.3 Å². The number of benzene rings is 2. The summed E-state index contributed by atoms with van der Waals surface area (Å²) in [4.78, 5) is 19.1. The molecule has 3 rings (SSSR count). The largest absolute Gasteiger partial charge is 0.437 e. The normalized spacial score (nSPS) is 11.1. The van der Waals surface area contributed by atoms with Gasteiger partial charge in [0.25, 0.3) is 0 Å². The van der Waals surface area contributed by atoms with E-state index < -0.39 is 23.7 Å². The summed E-state index contributed by atoms with van der Waals surface area (Å²) in [5.41, 5.74) is -0.376. The van der Waals surface area contributed by atoms with E-state index in [1.54, 1.807) is 30.3 Å². The van der Waals surface area contributed by atoms with Crippen LogP contribution in [0.15, 0.2) is 54.7 Å². The van der Waals surface area contributed by atoms with Gasteiger partial charge in [-0.3, -0.25) is 0 Å². The van der Waals surface area contributed by atoms with Crippen LogP contribution in [-0.4, -0.2) is 16.1 Å². The highest BCUT2D eigenvalue weighted by atomic mass is 35.5. The molecule has 6 nitrogen and oxygen atoms in total. The fourth-order valence-electron chi connectivity index (χ4n) is 2.37. The van der Waals surface area contributed by atoms with E-state index in [9.17, 15) is 18.0 Å². The van der Waals surface area contributed by atoms with Gasteiger partial charge in [0.15, 0.2) is 11.4 Å². The summed E-state index contributed by atoms with van der Waals surface area (Å²) in [5.74, 6) is -1.21. The van der Waals surface area contributed by atoms with E-state index in [1.165, 1.54) is 18.2 Å². The molecule has 0 aliphatic heterocycles. The molecule has 0 saturated carbocycles. The van der Waals surface area contributed by atoms with Crippen molar-refractivity contribution >= 4 is 40.9 Å². The van der Waals surface area contributed by atoms with Crippen molar-refractivity contribution in [3.8, 4) is 5.75 Å². The van der Waals surface area contributed by atoms with E-state index in [0.717, 1.165) is 11.8 Å². The number of halogens is 5. The molecular formula is C19H13Cl2F3N4O2. The minimum absolute atomic E-state index is 0.0804. The van der Waals surface area contributed by atoms with Crippen molar-refractivity contribution in [3.63, 3.8) is 0 Å². The van der Waals surface area contributed by atoms with Gasteiger partial charge in [-0.15, -0.1) is 0 Å². The summed E-state index contributed by atoms with van der Waals surface area (Å²) in [6, 6.07) is 13.1. The molecule has 0 saturated heterocycles. The maximum atomic E-state index is 13.4. The van der Waals surface area contributed by atoms with Crippen molar-refractivity contribution < 1.29 is 22.7 Å². The Balaban J connectivity index is 1.76. The number of hydrogen-bond acceptors (Lipinski definition) is 5. The quantitative estimate of drug-likeness (QED) is 0.504. The molecule has 0 radical (unpaired) electrons. The van der Waals surface area contributed by atoms with Crippen LogP contribution in [0, 0.1) is 0 Å². The molecular weight excluding hydrogens is 444 g/mol. The lowest BCUT2D eigenvalue weighted by molar-refractivity contribution is -0.142. The third kappa shape index (κ3) is 5.98. The Bertz CT molecular complexity index is 1030. The minimum atomic E-state index is -4.89. The molecule has 0 unspecified atom stereocenters. The molecule has 2 N–H and O–H groups in total. The van der Waals surface area contributed by atoms with Gasteiger partial charge < -0.3 is 15.4 Å². The van der Waals surface area contributed by atoms with Crippen molar-refractivity contribution in [1.29, 1.82) is 0 Å². The molecule has 3 aromatic rings. The van der Waals surface area contributed by atoms with Crippen LogP contribution >= 0.6 is 23.2 Å². The van der Waals surface area contributed by atoms with E-state index in [4.69, 9.17) is 27.9 Å². The van der Waals surface area contributed by atoms with Crippen LogP contribution in [0.5, 0.6) is 5.75 Å². The Morgan fingerprint density at radius 1 is 1.07 bits per heavy atom. The van der Waals surface area contributed by atoms with Crippen molar-refractivity contribution in [1.82, 2.24) is 15.3 Å². The Morgan fingerprint density at radius 2 is 1.73 bits per heavy atom. The number of carbonyl (C=O) groups is 1. The average molecular weight is 457 g/mol. The summed E-state index contributed by atoms with van der Waals surface area (Å²) >= 11 is 11.7.